The predicted molar refractivity (Wildman–Crippen MR) is 62.8 cm³/mol. The summed E-state index contributed by atoms with van der Waals surface area (Å²) in [7, 11) is 0. The molecule has 0 heterocycles. The second kappa shape index (κ2) is 4.60. The van der Waals surface area contributed by atoms with Gasteiger partial charge in [-0.25, -0.2) is 0 Å². The lowest BCUT2D eigenvalue weighted by Gasteiger charge is -2.33. The summed E-state index contributed by atoms with van der Waals surface area (Å²) in [5.74, 6) is 0.193. The molecule has 2 heteroatoms. The Morgan fingerprint density at radius 3 is 2.81 bits per heavy atom. The van der Waals surface area contributed by atoms with Crippen molar-refractivity contribution in [1.29, 1.82) is 0 Å². The highest BCUT2D eigenvalue weighted by Gasteiger charge is 2.39. The van der Waals surface area contributed by atoms with Crippen molar-refractivity contribution in [3.05, 3.63) is 37.0 Å². The second-order valence-electron chi connectivity index (χ2n) is 4.46. The van der Waals surface area contributed by atoms with Gasteiger partial charge < -0.3 is 0 Å². The summed E-state index contributed by atoms with van der Waals surface area (Å²) in [6.45, 7) is 3.69. The lowest BCUT2D eigenvalue weighted by Crippen LogP contribution is -2.38. The number of allylic oxidation sites excluding steroid dienone is 5. The molecular formula is C14H16O2. The summed E-state index contributed by atoms with van der Waals surface area (Å²) < 4.78 is 0. The fraction of sp³-hybridized carbons (Fsp3) is 0.429. The van der Waals surface area contributed by atoms with E-state index in [1.54, 1.807) is 0 Å². The van der Waals surface area contributed by atoms with Crippen molar-refractivity contribution in [2.24, 2.45) is 17.8 Å². The molecule has 0 radical (unpaired) electrons. The van der Waals surface area contributed by atoms with E-state index in [4.69, 9.17) is 0 Å². The highest BCUT2D eigenvalue weighted by atomic mass is 16.1. The molecule has 0 aromatic heterocycles. The monoisotopic (exact) mass is 216 g/mol. The van der Waals surface area contributed by atoms with Crippen molar-refractivity contribution in [3.8, 4) is 0 Å². The minimum atomic E-state index is -0.123. The number of carbonyl (C=O) groups is 2. The number of carbonyl (C=O) groups excluding carboxylic acids is 2. The van der Waals surface area contributed by atoms with Crippen LogP contribution in [0.1, 0.15) is 19.3 Å². The van der Waals surface area contributed by atoms with Gasteiger partial charge in [0.05, 0.1) is 0 Å². The van der Waals surface area contributed by atoms with Gasteiger partial charge in [-0.1, -0.05) is 18.2 Å². The van der Waals surface area contributed by atoms with Crippen LogP contribution in [0.4, 0.5) is 0 Å². The molecule has 0 spiro atoms. The SMILES string of the molecule is C=CCCC1C=CCC2C(=O)C=CC(=O)C12. The van der Waals surface area contributed by atoms with Crippen LogP contribution in [0, 0.1) is 17.8 Å². The molecule has 2 nitrogen and oxygen atoms in total. The molecule has 0 amide bonds. The summed E-state index contributed by atoms with van der Waals surface area (Å²) in [6.07, 6.45) is 11.4. The van der Waals surface area contributed by atoms with E-state index in [9.17, 15) is 9.59 Å². The molecule has 3 atom stereocenters. The summed E-state index contributed by atoms with van der Waals surface area (Å²) in [5, 5.41) is 0. The molecule has 3 unspecified atom stereocenters. The molecule has 0 aromatic rings. The van der Waals surface area contributed by atoms with E-state index in [-0.39, 0.29) is 29.3 Å². The molecule has 2 rings (SSSR count). The van der Waals surface area contributed by atoms with E-state index in [1.807, 2.05) is 12.2 Å². The van der Waals surface area contributed by atoms with Crippen molar-refractivity contribution in [3.63, 3.8) is 0 Å². The lowest BCUT2D eigenvalue weighted by molar-refractivity contribution is -0.130. The van der Waals surface area contributed by atoms with Crippen LogP contribution in [0.25, 0.3) is 0 Å². The predicted octanol–water partition coefficient (Wildman–Crippen LogP) is 2.47. The highest BCUT2D eigenvalue weighted by molar-refractivity contribution is 6.07. The lowest BCUT2D eigenvalue weighted by atomic mass is 9.68. The first-order valence-electron chi connectivity index (χ1n) is 5.77. The Bertz CT molecular complexity index is 376. The summed E-state index contributed by atoms with van der Waals surface area (Å²) in [4.78, 5) is 23.5. The first-order valence-corrected chi connectivity index (χ1v) is 5.77. The first kappa shape index (κ1) is 11.1. The van der Waals surface area contributed by atoms with Gasteiger partial charge in [-0.2, -0.15) is 0 Å². The average molecular weight is 216 g/mol. The van der Waals surface area contributed by atoms with Crippen LogP contribution >= 0.6 is 0 Å². The van der Waals surface area contributed by atoms with Crippen molar-refractivity contribution in [1.82, 2.24) is 0 Å². The van der Waals surface area contributed by atoms with Gasteiger partial charge in [-0.15, -0.1) is 6.58 Å². The maximum Gasteiger partial charge on any atom is 0.160 e. The van der Waals surface area contributed by atoms with Gasteiger partial charge in [0.1, 0.15) is 0 Å². The van der Waals surface area contributed by atoms with Crippen molar-refractivity contribution >= 4 is 11.6 Å². The van der Waals surface area contributed by atoms with Crippen molar-refractivity contribution in [2.75, 3.05) is 0 Å². The highest BCUT2D eigenvalue weighted by Crippen LogP contribution is 2.37. The Balaban J connectivity index is 2.21. The topological polar surface area (TPSA) is 34.1 Å². The molecule has 0 saturated carbocycles. The zero-order valence-electron chi connectivity index (χ0n) is 9.26. The van der Waals surface area contributed by atoms with Crippen LogP contribution in [-0.4, -0.2) is 11.6 Å². The van der Waals surface area contributed by atoms with Crippen molar-refractivity contribution < 1.29 is 9.59 Å². The molecule has 0 aliphatic heterocycles. The normalized spacial score (nSPS) is 32.6. The molecule has 0 aromatic carbocycles. The van der Waals surface area contributed by atoms with Gasteiger partial charge >= 0.3 is 0 Å². The van der Waals surface area contributed by atoms with E-state index in [0.717, 1.165) is 12.8 Å². The maximum absolute atomic E-state index is 11.8. The third-order valence-corrected chi connectivity index (χ3v) is 3.48. The molecule has 0 bridgehead atoms. The fourth-order valence-corrected chi connectivity index (χ4v) is 2.65. The summed E-state index contributed by atoms with van der Waals surface area (Å²) in [5.41, 5.74) is 0. The van der Waals surface area contributed by atoms with E-state index in [1.165, 1.54) is 12.2 Å². The molecule has 0 fully saturated rings. The molecule has 2 aliphatic carbocycles. The van der Waals surface area contributed by atoms with Crippen LogP contribution in [0.5, 0.6) is 0 Å². The Labute approximate surface area is 95.7 Å². The van der Waals surface area contributed by atoms with Gasteiger partial charge in [0.2, 0.25) is 0 Å². The Hall–Kier alpha value is -1.44. The maximum atomic E-state index is 11.8. The smallest absolute Gasteiger partial charge is 0.160 e. The van der Waals surface area contributed by atoms with E-state index < -0.39 is 0 Å². The second-order valence-corrected chi connectivity index (χ2v) is 4.46. The van der Waals surface area contributed by atoms with Crippen LogP contribution in [-0.2, 0) is 9.59 Å². The van der Waals surface area contributed by atoms with Crippen molar-refractivity contribution in [2.45, 2.75) is 19.3 Å². The van der Waals surface area contributed by atoms with Crippen LogP contribution in [0.15, 0.2) is 37.0 Å². The van der Waals surface area contributed by atoms with Gasteiger partial charge in [0.15, 0.2) is 11.6 Å². The van der Waals surface area contributed by atoms with Crippen LogP contribution < -0.4 is 0 Å². The number of fused-ring (bicyclic) bond motifs is 1. The van der Waals surface area contributed by atoms with E-state index >= 15 is 0 Å². The largest absolute Gasteiger partial charge is 0.295 e. The van der Waals surface area contributed by atoms with Gasteiger partial charge in [0, 0.05) is 11.8 Å². The fourth-order valence-electron chi connectivity index (χ4n) is 2.65. The Morgan fingerprint density at radius 1 is 1.31 bits per heavy atom. The molecule has 84 valence electrons. The number of rotatable bonds is 3. The third kappa shape index (κ3) is 1.92. The van der Waals surface area contributed by atoms with Gasteiger partial charge in [-0.3, -0.25) is 9.59 Å². The molecule has 0 saturated heterocycles. The quantitative estimate of drug-likeness (QED) is 0.679. The Morgan fingerprint density at radius 2 is 2.06 bits per heavy atom. The first-order chi connectivity index (χ1) is 7.74. The molecular weight excluding hydrogens is 200 g/mol. The van der Waals surface area contributed by atoms with Crippen LogP contribution in [0.2, 0.25) is 0 Å². The van der Waals surface area contributed by atoms with Gasteiger partial charge in [-0.05, 0) is 37.3 Å². The average Bonchev–Trinajstić information content (AvgIpc) is 2.31. The standard InChI is InChI=1S/C14H16O2/c1-2-3-5-10-6-4-7-11-12(15)8-9-13(16)14(10)11/h2,4,6,8-11,14H,1,3,5,7H2. The van der Waals surface area contributed by atoms with Crippen LogP contribution in [0.3, 0.4) is 0 Å². The zero-order chi connectivity index (χ0) is 11.5. The molecule has 0 N–H and O–H groups in total. The van der Waals surface area contributed by atoms with E-state index in [2.05, 4.69) is 12.7 Å². The van der Waals surface area contributed by atoms with Gasteiger partial charge in [0.25, 0.3) is 0 Å². The Kier molecular flexibility index (Phi) is 3.18. The number of hydrogen-bond donors (Lipinski definition) is 0. The molecule has 2 aliphatic rings. The minimum Gasteiger partial charge on any atom is -0.295 e. The third-order valence-electron chi connectivity index (χ3n) is 3.48. The zero-order valence-corrected chi connectivity index (χ0v) is 9.26. The number of hydrogen-bond acceptors (Lipinski definition) is 2. The van der Waals surface area contributed by atoms with E-state index in [0.29, 0.717) is 6.42 Å². The summed E-state index contributed by atoms with van der Waals surface area (Å²) in [6, 6.07) is 0. The molecule has 16 heavy (non-hydrogen) atoms. The number of ketones is 2. The summed E-state index contributed by atoms with van der Waals surface area (Å²) >= 11 is 0. The minimum absolute atomic E-state index is 0.109.